The normalized spacial score (nSPS) is 11.1. The summed E-state index contributed by atoms with van der Waals surface area (Å²) >= 11 is 5.44. The Labute approximate surface area is 108 Å². The van der Waals surface area contributed by atoms with Crippen LogP contribution in [0.25, 0.3) is 0 Å². The first-order valence-electron chi connectivity index (χ1n) is 4.91. The topological polar surface area (TPSA) is 30.7 Å². The average molecular weight is 298 g/mol. The van der Waals surface area contributed by atoms with Crippen LogP contribution in [0, 0.1) is 29.1 Å². The van der Waals surface area contributed by atoms with Crippen LogP contribution < -0.4 is 0 Å². The van der Waals surface area contributed by atoms with Gasteiger partial charge in [-0.1, -0.05) is 5.21 Å². The Morgan fingerprint density at radius 2 is 1.47 bits per heavy atom. The third kappa shape index (κ3) is 2.40. The summed E-state index contributed by atoms with van der Waals surface area (Å²) < 4.78 is 66.4. The molecule has 0 atom stereocenters. The molecule has 3 nitrogen and oxygen atoms in total. The fourth-order valence-electron chi connectivity index (χ4n) is 1.43. The molecule has 2 rings (SSSR count). The first kappa shape index (κ1) is 13.7. The predicted octanol–water partition coefficient (Wildman–Crippen LogP) is 2.76. The second kappa shape index (κ2) is 5.12. The molecule has 19 heavy (non-hydrogen) atoms. The van der Waals surface area contributed by atoms with Gasteiger partial charge in [0.2, 0.25) is 5.82 Å². The van der Waals surface area contributed by atoms with Crippen LogP contribution in [-0.2, 0) is 12.4 Å². The van der Waals surface area contributed by atoms with E-state index in [1.54, 1.807) is 0 Å². The van der Waals surface area contributed by atoms with Gasteiger partial charge in [-0.05, 0) is 0 Å². The van der Waals surface area contributed by atoms with Gasteiger partial charge in [0.15, 0.2) is 23.3 Å². The molecule has 0 unspecified atom stereocenters. The number of alkyl halides is 1. The maximum Gasteiger partial charge on any atom is 0.200 e. The fraction of sp³-hybridized carbons (Fsp3) is 0.200. The fourth-order valence-corrected chi connectivity index (χ4v) is 1.55. The molecule has 0 aliphatic heterocycles. The molecule has 0 aliphatic carbocycles. The molecule has 9 heteroatoms. The van der Waals surface area contributed by atoms with Crippen molar-refractivity contribution in [2.75, 3.05) is 0 Å². The standard InChI is InChI=1S/C10H5ClF5N3/c11-1-4-2-19(18-17-4)3-5-6(12)8(14)10(16)9(15)7(5)13/h2H,1,3H2. The molecule has 0 aliphatic rings. The number of aromatic nitrogens is 3. The lowest BCUT2D eigenvalue weighted by Crippen LogP contribution is -2.11. The number of halogens is 6. The van der Waals surface area contributed by atoms with Crippen LogP contribution >= 0.6 is 11.6 Å². The highest BCUT2D eigenvalue weighted by Gasteiger charge is 2.25. The maximum absolute atomic E-state index is 13.4. The molecule has 0 spiro atoms. The van der Waals surface area contributed by atoms with Gasteiger partial charge >= 0.3 is 0 Å². The minimum absolute atomic E-state index is 0.0110. The van der Waals surface area contributed by atoms with Gasteiger partial charge in [-0.2, -0.15) is 0 Å². The minimum atomic E-state index is -2.20. The van der Waals surface area contributed by atoms with Gasteiger partial charge in [-0.3, -0.25) is 0 Å². The molecule has 0 amide bonds. The number of rotatable bonds is 3. The molecule has 102 valence electrons. The molecule has 1 aromatic carbocycles. The Morgan fingerprint density at radius 1 is 0.947 bits per heavy atom. The number of nitrogens with zero attached hydrogens (tertiary/aromatic N) is 3. The van der Waals surface area contributed by atoms with Crippen LogP contribution in [0.5, 0.6) is 0 Å². The van der Waals surface area contributed by atoms with Crippen molar-refractivity contribution in [1.82, 2.24) is 15.0 Å². The molecule has 1 heterocycles. The van der Waals surface area contributed by atoms with E-state index in [-0.39, 0.29) is 5.88 Å². The van der Waals surface area contributed by atoms with E-state index in [0.29, 0.717) is 5.69 Å². The zero-order chi connectivity index (χ0) is 14.2. The maximum atomic E-state index is 13.4. The van der Waals surface area contributed by atoms with E-state index in [1.807, 2.05) is 0 Å². The molecule has 1 aromatic heterocycles. The summed E-state index contributed by atoms with van der Waals surface area (Å²) in [6, 6.07) is 0. The summed E-state index contributed by atoms with van der Waals surface area (Å²) in [6.07, 6.45) is 1.24. The van der Waals surface area contributed by atoms with E-state index < -0.39 is 41.2 Å². The summed E-state index contributed by atoms with van der Waals surface area (Å²) in [4.78, 5) is 0. The van der Waals surface area contributed by atoms with Gasteiger partial charge in [-0.25, -0.2) is 26.6 Å². The number of benzene rings is 1. The van der Waals surface area contributed by atoms with Crippen molar-refractivity contribution < 1.29 is 22.0 Å². The van der Waals surface area contributed by atoms with Crippen LogP contribution in [0.2, 0.25) is 0 Å². The predicted molar refractivity (Wildman–Crippen MR) is 54.9 cm³/mol. The summed E-state index contributed by atoms with van der Waals surface area (Å²) in [5, 5.41) is 6.98. The second-order valence-electron chi connectivity index (χ2n) is 3.59. The highest BCUT2D eigenvalue weighted by atomic mass is 35.5. The van der Waals surface area contributed by atoms with Crippen molar-refractivity contribution in [3.63, 3.8) is 0 Å². The number of hydrogen-bond donors (Lipinski definition) is 0. The first-order chi connectivity index (χ1) is 8.95. The second-order valence-corrected chi connectivity index (χ2v) is 3.86. The number of hydrogen-bond acceptors (Lipinski definition) is 2. The summed E-state index contributed by atoms with van der Waals surface area (Å²) in [7, 11) is 0. The summed E-state index contributed by atoms with van der Waals surface area (Å²) in [5.41, 5.74) is -0.673. The van der Waals surface area contributed by atoms with Crippen molar-refractivity contribution >= 4 is 11.6 Å². The Morgan fingerprint density at radius 3 is 1.95 bits per heavy atom. The van der Waals surface area contributed by atoms with Crippen molar-refractivity contribution in [2.45, 2.75) is 12.4 Å². The third-order valence-electron chi connectivity index (χ3n) is 2.34. The molecular formula is C10H5ClF5N3. The van der Waals surface area contributed by atoms with Crippen molar-refractivity contribution in [3.05, 3.63) is 46.5 Å². The van der Waals surface area contributed by atoms with Gasteiger partial charge in [0.1, 0.15) is 0 Å². The molecule has 0 saturated heterocycles. The third-order valence-corrected chi connectivity index (χ3v) is 2.62. The molecule has 0 radical (unpaired) electrons. The van der Waals surface area contributed by atoms with E-state index in [2.05, 4.69) is 10.3 Å². The van der Waals surface area contributed by atoms with Crippen molar-refractivity contribution in [3.8, 4) is 0 Å². The highest BCUT2D eigenvalue weighted by Crippen LogP contribution is 2.23. The molecular weight excluding hydrogens is 293 g/mol. The van der Waals surface area contributed by atoms with Crippen LogP contribution in [0.4, 0.5) is 22.0 Å². The van der Waals surface area contributed by atoms with E-state index in [4.69, 9.17) is 11.6 Å². The molecule has 0 fully saturated rings. The van der Waals surface area contributed by atoms with E-state index in [1.165, 1.54) is 6.20 Å². The van der Waals surface area contributed by atoms with Crippen LogP contribution in [-0.4, -0.2) is 15.0 Å². The van der Waals surface area contributed by atoms with Gasteiger partial charge < -0.3 is 0 Å². The Balaban J connectivity index is 2.45. The Hall–Kier alpha value is -1.70. The lowest BCUT2D eigenvalue weighted by molar-refractivity contribution is 0.366. The molecule has 0 N–H and O–H groups in total. The lowest BCUT2D eigenvalue weighted by Gasteiger charge is -2.07. The van der Waals surface area contributed by atoms with Crippen LogP contribution in [0.15, 0.2) is 6.20 Å². The van der Waals surface area contributed by atoms with Crippen molar-refractivity contribution in [2.24, 2.45) is 0 Å². The first-order valence-corrected chi connectivity index (χ1v) is 5.44. The molecule has 0 bridgehead atoms. The molecule has 2 aromatic rings. The highest BCUT2D eigenvalue weighted by molar-refractivity contribution is 6.16. The Kier molecular flexibility index (Phi) is 3.70. The van der Waals surface area contributed by atoms with Gasteiger partial charge in [0.05, 0.1) is 29.9 Å². The quantitative estimate of drug-likeness (QED) is 0.377. The zero-order valence-corrected chi connectivity index (χ0v) is 9.86. The van der Waals surface area contributed by atoms with Crippen LogP contribution in [0.1, 0.15) is 11.3 Å². The van der Waals surface area contributed by atoms with E-state index in [9.17, 15) is 22.0 Å². The lowest BCUT2D eigenvalue weighted by atomic mass is 10.1. The molecule has 0 saturated carbocycles. The average Bonchev–Trinajstić information content (AvgIpc) is 2.87. The Bertz CT molecular complexity index is 599. The van der Waals surface area contributed by atoms with Gasteiger partial charge in [0.25, 0.3) is 0 Å². The summed E-state index contributed by atoms with van der Waals surface area (Å²) in [6.45, 7) is -0.643. The largest absolute Gasteiger partial charge is 0.248 e. The van der Waals surface area contributed by atoms with E-state index in [0.717, 1.165) is 4.68 Å². The SMILES string of the molecule is Fc1c(F)c(F)c(Cn2cc(CCl)nn2)c(F)c1F. The monoisotopic (exact) mass is 297 g/mol. The zero-order valence-electron chi connectivity index (χ0n) is 9.10. The minimum Gasteiger partial charge on any atom is -0.248 e. The smallest absolute Gasteiger partial charge is 0.200 e. The van der Waals surface area contributed by atoms with Gasteiger partial charge in [-0.15, -0.1) is 16.7 Å². The van der Waals surface area contributed by atoms with Crippen LogP contribution in [0.3, 0.4) is 0 Å². The van der Waals surface area contributed by atoms with E-state index >= 15 is 0 Å². The van der Waals surface area contributed by atoms with Gasteiger partial charge in [0, 0.05) is 0 Å². The van der Waals surface area contributed by atoms with Crippen molar-refractivity contribution in [1.29, 1.82) is 0 Å². The summed E-state index contributed by atoms with van der Waals surface area (Å²) in [5.74, 6) is -9.95.